The number of hydrogen-bond acceptors (Lipinski definition) is 2. The number of hydrogen-bond donors (Lipinski definition) is 0. The molecule has 0 aliphatic heterocycles. The zero-order chi connectivity index (χ0) is 15.3. The average Bonchev–Trinajstić information content (AvgIpc) is 2.93. The molecule has 0 spiro atoms. The van der Waals surface area contributed by atoms with Gasteiger partial charge in [-0.3, -0.25) is 4.79 Å². The summed E-state index contributed by atoms with van der Waals surface area (Å²) < 4.78 is 0. The van der Waals surface area contributed by atoms with Crippen molar-refractivity contribution in [3.05, 3.63) is 23.8 Å². The third-order valence-electron chi connectivity index (χ3n) is 7.40. The smallest absolute Gasteiger partial charge is 0.155 e. The predicted octanol–water partition coefficient (Wildman–Crippen LogP) is 4.68. The quantitative estimate of drug-likeness (QED) is 0.705. The first-order valence-electron chi connectivity index (χ1n) is 9.02. The minimum atomic E-state index is 0. The predicted molar refractivity (Wildman–Crippen MR) is 87.8 cm³/mol. The van der Waals surface area contributed by atoms with Crippen molar-refractivity contribution in [3.63, 3.8) is 0 Å². The van der Waals surface area contributed by atoms with E-state index in [0.717, 1.165) is 25.7 Å². The second kappa shape index (κ2) is 5.08. The molecule has 4 aliphatic rings. The van der Waals surface area contributed by atoms with Gasteiger partial charge in [-0.05, 0) is 79.3 Å². The molecule has 0 radical (unpaired) electrons. The van der Waals surface area contributed by atoms with Gasteiger partial charge in [0.15, 0.2) is 5.78 Å². The molecule has 22 heavy (non-hydrogen) atoms. The Morgan fingerprint density at radius 2 is 2.23 bits per heavy atom. The van der Waals surface area contributed by atoms with Crippen LogP contribution in [0.5, 0.6) is 0 Å². The van der Waals surface area contributed by atoms with E-state index >= 15 is 0 Å². The maximum absolute atomic E-state index is 11.7. The zero-order valence-electron chi connectivity index (χ0n) is 13.4. The summed E-state index contributed by atoms with van der Waals surface area (Å²) >= 11 is 0. The molecule has 0 aromatic heterocycles. The summed E-state index contributed by atoms with van der Waals surface area (Å²) in [5, 5.41) is 9.60. The summed E-state index contributed by atoms with van der Waals surface area (Å²) in [6.07, 6.45) is 14.3. The van der Waals surface area contributed by atoms with Gasteiger partial charge in [0, 0.05) is 7.85 Å². The highest BCUT2D eigenvalue weighted by atomic mass is 16.1. The normalized spacial score (nSPS) is 46.3. The average molecular weight is 297 g/mol. The van der Waals surface area contributed by atoms with Gasteiger partial charge >= 0.3 is 0 Å². The first-order valence-corrected chi connectivity index (χ1v) is 9.02. The lowest BCUT2D eigenvalue weighted by Crippen LogP contribution is -2.45. The second-order valence-corrected chi connectivity index (χ2v) is 7.85. The van der Waals surface area contributed by atoms with E-state index < -0.39 is 0 Å². The van der Waals surface area contributed by atoms with Gasteiger partial charge in [0.1, 0.15) is 0 Å². The molecule has 0 amide bonds. The molecule has 2 heteroatoms. The first-order chi connectivity index (χ1) is 10.7. The number of nitrogens with zero attached hydrogens (tertiary/aromatic N) is 1. The van der Waals surface area contributed by atoms with E-state index in [9.17, 15) is 10.1 Å². The van der Waals surface area contributed by atoms with Crippen LogP contribution in [0.2, 0.25) is 0 Å². The maximum Gasteiger partial charge on any atom is 0.155 e. The molecular formula is C20H27NO. The van der Waals surface area contributed by atoms with Gasteiger partial charge in [0.2, 0.25) is 0 Å². The monoisotopic (exact) mass is 297 g/mol. The highest BCUT2D eigenvalue weighted by Gasteiger charge is 2.56. The Morgan fingerprint density at radius 1 is 1.36 bits per heavy atom. The molecule has 0 heterocycles. The number of carbonyl (C=O) groups is 1. The van der Waals surface area contributed by atoms with Crippen LogP contribution < -0.4 is 0 Å². The highest BCUT2D eigenvalue weighted by molar-refractivity contribution is 5.91. The topological polar surface area (TPSA) is 40.9 Å². The van der Waals surface area contributed by atoms with E-state index in [1.165, 1.54) is 24.8 Å². The fourth-order valence-corrected chi connectivity index (χ4v) is 6.35. The lowest BCUT2D eigenvalue weighted by atomic mass is 9.52. The lowest BCUT2D eigenvalue weighted by molar-refractivity contribution is -0.115. The van der Waals surface area contributed by atoms with Gasteiger partial charge in [-0.2, -0.15) is 5.26 Å². The minimum absolute atomic E-state index is 0. The van der Waals surface area contributed by atoms with E-state index in [1.807, 2.05) is 6.08 Å². The largest absolute Gasteiger partial charge is 0.295 e. The molecule has 2 saturated carbocycles. The third kappa shape index (κ3) is 1.81. The van der Waals surface area contributed by atoms with Crippen LogP contribution in [0, 0.1) is 46.3 Å². The number of nitriles is 1. The van der Waals surface area contributed by atoms with E-state index in [0.29, 0.717) is 29.5 Å². The molecule has 118 valence electrons. The Morgan fingerprint density at radius 3 is 3.00 bits per heavy atom. The summed E-state index contributed by atoms with van der Waals surface area (Å²) in [6, 6.07) is 2.63. The number of fused-ring (bicyclic) bond motifs is 5. The first kappa shape index (κ1) is 14.2. The maximum atomic E-state index is 11.7. The van der Waals surface area contributed by atoms with Gasteiger partial charge in [0.25, 0.3) is 0 Å². The van der Waals surface area contributed by atoms with Crippen molar-refractivity contribution in [3.8, 4) is 6.07 Å². The SMILES string of the molecule is CC[C@]12CC[C@H]3[C@@H](C=CC4=CC(=O)CC[C@@H]43)[C@@H]1CC[C@@H]2C#N.[HH]. The van der Waals surface area contributed by atoms with E-state index in [1.54, 1.807) is 0 Å². The van der Waals surface area contributed by atoms with Crippen molar-refractivity contribution >= 4 is 5.78 Å². The van der Waals surface area contributed by atoms with Crippen LogP contribution in [-0.2, 0) is 4.79 Å². The summed E-state index contributed by atoms with van der Waals surface area (Å²) in [4.78, 5) is 11.7. The van der Waals surface area contributed by atoms with Gasteiger partial charge in [-0.15, -0.1) is 0 Å². The fraction of sp³-hybridized carbons (Fsp3) is 0.700. The van der Waals surface area contributed by atoms with Gasteiger partial charge in [-0.25, -0.2) is 0 Å². The molecule has 0 unspecified atom stereocenters. The molecule has 2 fully saturated rings. The van der Waals surface area contributed by atoms with Crippen molar-refractivity contribution in [1.82, 2.24) is 0 Å². The molecule has 6 atom stereocenters. The molecule has 0 aromatic carbocycles. The van der Waals surface area contributed by atoms with Crippen LogP contribution in [0.4, 0.5) is 0 Å². The Bertz CT molecular complexity index is 601. The fourth-order valence-electron chi connectivity index (χ4n) is 6.35. The van der Waals surface area contributed by atoms with Crippen LogP contribution in [0.3, 0.4) is 0 Å². The van der Waals surface area contributed by atoms with Crippen LogP contribution >= 0.6 is 0 Å². The van der Waals surface area contributed by atoms with Crippen LogP contribution in [0.25, 0.3) is 0 Å². The summed E-state index contributed by atoms with van der Waals surface area (Å²) in [5.41, 5.74) is 1.56. The molecular weight excluding hydrogens is 270 g/mol. The minimum Gasteiger partial charge on any atom is -0.295 e. The van der Waals surface area contributed by atoms with E-state index in [2.05, 4.69) is 25.1 Å². The molecule has 2 nitrogen and oxygen atoms in total. The molecule has 0 bridgehead atoms. The van der Waals surface area contributed by atoms with Crippen molar-refractivity contribution in [2.75, 3.05) is 0 Å². The van der Waals surface area contributed by atoms with Crippen molar-refractivity contribution in [2.24, 2.45) is 35.0 Å². The molecule has 0 saturated heterocycles. The third-order valence-corrected chi connectivity index (χ3v) is 7.40. The molecule has 4 aliphatic carbocycles. The number of carbonyl (C=O) groups excluding carboxylic acids is 1. The van der Waals surface area contributed by atoms with E-state index in [4.69, 9.17) is 0 Å². The lowest BCUT2D eigenvalue weighted by Gasteiger charge is -2.52. The Hall–Kier alpha value is -1.36. The molecule has 4 rings (SSSR count). The molecule has 0 aromatic rings. The van der Waals surface area contributed by atoms with Crippen molar-refractivity contribution in [1.29, 1.82) is 5.26 Å². The number of ketones is 1. The highest BCUT2D eigenvalue weighted by Crippen LogP contribution is 2.63. The molecule has 0 N–H and O–H groups in total. The number of rotatable bonds is 1. The van der Waals surface area contributed by atoms with Gasteiger partial charge < -0.3 is 0 Å². The second-order valence-electron chi connectivity index (χ2n) is 7.85. The number of allylic oxidation sites excluding steroid dienone is 4. The summed E-state index contributed by atoms with van der Waals surface area (Å²) in [6.45, 7) is 2.29. The standard InChI is InChI=1S/C20H25NO.H2/c1-2-20-10-9-17-16-7-5-15(22)11-13(16)3-6-18(17)19(20)8-4-14(20)12-21;/h3,6,11,14,16-19H,2,4-5,7-10H2,1H3;1H/t14-,16+,17-,18-,19+,20-;/m1./s1. The van der Waals surface area contributed by atoms with Gasteiger partial charge in [-0.1, -0.05) is 19.1 Å². The summed E-state index contributed by atoms with van der Waals surface area (Å²) in [5.74, 6) is 3.22. The van der Waals surface area contributed by atoms with Crippen molar-refractivity contribution in [2.45, 2.75) is 51.9 Å². The van der Waals surface area contributed by atoms with Crippen LogP contribution in [-0.4, -0.2) is 5.78 Å². The Kier molecular flexibility index (Phi) is 3.29. The zero-order valence-corrected chi connectivity index (χ0v) is 13.4. The van der Waals surface area contributed by atoms with Crippen LogP contribution in [0.1, 0.15) is 53.3 Å². The van der Waals surface area contributed by atoms with E-state index in [-0.39, 0.29) is 12.8 Å². The van der Waals surface area contributed by atoms with Crippen LogP contribution in [0.15, 0.2) is 23.8 Å². The van der Waals surface area contributed by atoms with Crippen molar-refractivity contribution < 1.29 is 6.22 Å². The summed E-state index contributed by atoms with van der Waals surface area (Å²) in [7, 11) is 0. The Balaban J connectivity index is 0.00000156. The van der Waals surface area contributed by atoms with Gasteiger partial charge in [0.05, 0.1) is 12.0 Å². The Labute approximate surface area is 134 Å².